The fourth-order valence-corrected chi connectivity index (χ4v) is 3.38. The Morgan fingerprint density at radius 2 is 1.21 bits per heavy atom. The second-order valence-electron chi connectivity index (χ2n) is 7.60. The maximum Gasteiger partial charge on any atom is 0.224 e. The van der Waals surface area contributed by atoms with Crippen LogP contribution < -0.4 is 14.8 Å². The van der Waals surface area contributed by atoms with Crippen molar-refractivity contribution >= 4 is 24.2 Å². The van der Waals surface area contributed by atoms with Crippen molar-refractivity contribution in [3.63, 3.8) is 0 Å². The third-order valence-electron chi connectivity index (χ3n) is 4.88. The molecule has 1 N–H and O–H groups in total. The zero-order valence-electron chi connectivity index (χ0n) is 19.6. The molecule has 2 rings (SSSR count). The van der Waals surface area contributed by atoms with Crippen LogP contribution in [0.2, 0.25) is 0 Å². The van der Waals surface area contributed by atoms with E-state index in [4.69, 9.17) is 28.4 Å². The van der Waals surface area contributed by atoms with E-state index in [0.717, 1.165) is 31.4 Å². The SMILES string of the molecule is O=C(CCCCCCCS)Nc1ccc2c(c1)OCCOCCOCCOCCOCCO2. The summed E-state index contributed by atoms with van der Waals surface area (Å²) in [7, 11) is 0. The Kier molecular flexibility index (Phi) is 15.8. The average Bonchev–Trinajstić information content (AvgIpc) is 2.81. The van der Waals surface area contributed by atoms with Gasteiger partial charge >= 0.3 is 0 Å². The number of hydrogen-bond donors (Lipinski definition) is 2. The molecule has 0 radical (unpaired) electrons. The van der Waals surface area contributed by atoms with Crippen molar-refractivity contribution in [1.82, 2.24) is 0 Å². The number of thiol groups is 1. The summed E-state index contributed by atoms with van der Waals surface area (Å²) in [4.78, 5) is 12.3. The first-order chi connectivity index (χ1) is 16.3. The van der Waals surface area contributed by atoms with Crippen molar-refractivity contribution in [2.24, 2.45) is 0 Å². The summed E-state index contributed by atoms with van der Waals surface area (Å²) in [5.74, 6) is 2.09. The molecule has 1 aromatic rings. The van der Waals surface area contributed by atoms with Gasteiger partial charge in [-0.25, -0.2) is 0 Å². The van der Waals surface area contributed by atoms with Gasteiger partial charge in [0.25, 0.3) is 0 Å². The molecule has 0 saturated heterocycles. The van der Waals surface area contributed by atoms with Crippen LogP contribution in [0.1, 0.15) is 38.5 Å². The van der Waals surface area contributed by atoms with Crippen LogP contribution in [0.25, 0.3) is 0 Å². The Balaban J connectivity index is 1.84. The highest BCUT2D eigenvalue weighted by atomic mass is 32.1. The molecule has 0 saturated carbocycles. The predicted molar refractivity (Wildman–Crippen MR) is 131 cm³/mol. The van der Waals surface area contributed by atoms with Gasteiger partial charge in [0.1, 0.15) is 13.2 Å². The summed E-state index contributed by atoms with van der Waals surface area (Å²) >= 11 is 4.22. The molecular weight excluding hydrogens is 446 g/mol. The van der Waals surface area contributed by atoms with E-state index in [2.05, 4.69) is 17.9 Å². The molecule has 33 heavy (non-hydrogen) atoms. The van der Waals surface area contributed by atoms with Crippen molar-refractivity contribution in [3.8, 4) is 11.5 Å². The second kappa shape index (κ2) is 18.9. The maximum atomic E-state index is 12.3. The molecule has 0 atom stereocenters. The topological polar surface area (TPSA) is 84.5 Å². The van der Waals surface area contributed by atoms with E-state index in [1.54, 1.807) is 12.1 Å². The van der Waals surface area contributed by atoms with Crippen molar-refractivity contribution in [1.29, 1.82) is 0 Å². The molecule has 0 unspecified atom stereocenters. The number of ether oxygens (including phenoxy) is 6. The Bertz CT molecular complexity index is 647. The zero-order valence-corrected chi connectivity index (χ0v) is 20.5. The zero-order chi connectivity index (χ0) is 23.4. The van der Waals surface area contributed by atoms with E-state index in [0.29, 0.717) is 89.7 Å². The normalized spacial score (nSPS) is 17.0. The molecule has 8 nitrogen and oxygen atoms in total. The van der Waals surface area contributed by atoms with Gasteiger partial charge in [0.05, 0.1) is 52.9 Å². The average molecular weight is 486 g/mol. The number of anilines is 1. The van der Waals surface area contributed by atoms with Gasteiger partial charge in [-0.1, -0.05) is 19.3 Å². The third-order valence-corrected chi connectivity index (χ3v) is 5.19. The lowest BCUT2D eigenvalue weighted by atomic mass is 10.1. The number of amides is 1. The molecule has 0 aromatic heterocycles. The van der Waals surface area contributed by atoms with Gasteiger partial charge < -0.3 is 33.7 Å². The third kappa shape index (κ3) is 13.7. The molecular formula is C24H39NO7S. The highest BCUT2D eigenvalue weighted by Crippen LogP contribution is 2.30. The first kappa shape index (κ1) is 27.7. The van der Waals surface area contributed by atoms with Gasteiger partial charge in [-0.15, -0.1) is 0 Å². The molecule has 1 aliphatic heterocycles. The van der Waals surface area contributed by atoms with Crippen molar-refractivity contribution in [2.45, 2.75) is 38.5 Å². The molecule has 1 aliphatic rings. The number of fused-ring (bicyclic) bond motifs is 1. The Morgan fingerprint density at radius 3 is 1.82 bits per heavy atom. The molecule has 0 bridgehead atoms. The smallest absolute Gasteiger partial charge is 0.224 e. The van der Waals surface area contributed by atoms with Crippen molar-refractivity contribution in [2.75, 3.05) is 77.1 Å². The Hall–Kier alpha value is -1.52. The largest absolute Gasteiger partial charge is 0.487 e. The van der Waals surface area contributed by atoms with Gasteiger partial charge in [-0.2, -0.15) is 12.6 Å². The summed E-state index contributed by atoms with van der Waals surface area (Å²) in [5.41, 5.74) is 0.683. The number of benzene rings is 1. The monoisotopic (exact) mass is 485 g/mol. The quantitative estimate of drug-likeness (QED) is 0.429. The summed E-state index contributed by atoms with van der Waals surface area (Å²) in [5, 5.41) is 2.95. The predicted octanol–water partition coefficient (Wildman–Crippen LogP) is 3.73. The van der Waals surface area contributed by atoms with E-state index >= 15 is 0 Å². The molecule has 0 aliphatic carbocycles. The summed E-state index contributed by atoms with van der Waals surface area (Å²) < 4.78 is 33.7. The van der Waals surface area contributed by atoms with Crippen LogP contribution in [0, 0.1) is 0 Å². The molecule has 1 amide bonds. The van der Waals surface area contributed by atoms with Gasteiger partial charge in [-0.05, 0) is 30.7 Å². The number of nitrogens with one attached hydrogen (secondary N) is 1. The summed E-state index contributed by atoms with van der Waals surface area (Å²) in [6.45, 7) is 4.67. The van der Waals surface area contributed by atoms with Gasteiger partial charge in [-0.3, -0.25) is 4.79 Å². The van der Waals surface area contributed by atoms with E-state index in [1.807, 2.05) is 6.07 Å². The van der Waals surface area contributed by atoms with Crippen LogP contribution in [0.3, 0.4) is 0 Å². The Morgan fingerprint density at radius 1 is 0.697 bits per heavy atom. The second-order valence-corrected chi connectivity index (χ2v) is 8.04. The first-order valence-corrected chi connectivity index (χ1v) is 12.5. The van der Waals surface area contributed by atoms with E-state index in [1.165, 1.54) is 6.42 Å². The fourth-order valence-electron chi connectivity index (χ4n) is 3.15. The lowest BCUT2D eigenvalue weighted by molar-refractivity contribution is -0.116. The van der Waals surface area contributed by atoms with Crippen LogP contribution in [0.5, 0.6) is 11.5 Å². The minimum absolute atomic E-state index is 0.00389. The minimum Gasteiger partial charge on any atom is -0.487 e. The lowest BCUT2D eigenvalue weighted by Gasteiger charge is -2.15. The maximum absolute atomic E-state index is 12.3. The van der Waals surface area contributed by atoms with Gasteiger partial charge in [0, 0.05) is 18.2 Å². The molecule has 1 heterocycles. The van der Waals surface area contributed by atoms with Crippen LogP contribution in [-0.4, -0.2) is 77.7 Å². The first-order valence-electron chi connectivity index (χ1n) is 11.9. The number of carbonyl (C=O) groups excluding carboxylic acids is 1. The summed E-state index contributed by atoms with van der Waals surface area (Å²) in [6.07, 6.45) is 5.89. The summed E-state index contributed by atoms with van der Waals surface area (Å²) in [6, 6.07) is 5.41. The molecule has 1 aromatic carbocycles. The number of carbonyl (C=O) groups is 1. The van der Waals surface area contributed by atoms with E-state index in [-0.39, 0.29) is 5.91 Å². The van der Waals surface area contributed by atoms with Crippen LogP contribution in [-0.2, 0) is 23.7 Å². The van der Waals surface area contributed by atoms with Crippen LogP contribution >= 0.6 is 12.6 Å². The number of unbranched alkanes of at least 4 members (excludes halogenated alkanes) is 4. The molecule has 9 heteroatoms. The highest BCUT2D eigenvalue weighted by Gasteiger charge is 2.10. The van der Waals surface area contributed by atoms with Gasteiger partial charge in [0.2, 0.25) is 5.91 Å². The van der Waals surface area contributed by atoms with E-state index in [9.17, 15) is 4.79 Å². The minimum atomic E-state index is 0.00389. The van der Waals surface area contributed by atoms with Crippen molar-refractivity contribution < 1.29 is 33.2 Å². The van der Waals surface area contributed by atoms with E-state index < -0.39 is 0 Å². The highest BCUT2D eigenvalue weighted by molar-refractivity contribution is 7.80. The molecule has 0 spiro atoms. The number of hydrogen-bond acceptors (Lipinski definition) is 8. The van der Waals surface area contributed by atoms with Crippen LogP contribution in [0.4, 0.5) is 5.69 Å². The fraction of sp³-hybridized carbons (Fsp3) is 0.708. The molecule has 0 fully saturated rings. The Labute approximate surface area is 203 Å². The standard InChI is InChI=1S/C24H39NO7S/c26-24(6-4-2-1-3-5-19-33)25-21-7-8-22-23(20-21)32-18-16-30-14-12-28-10-9-27-11-13-29-15-17-31-22/h7-8,20,33H,1-6,9-19H2,(H,25,26). The van der Waals surface area contributed by atoms with Gasteiger partial charge in [0.15, 0.2) is 11.5 Å². The van der Waals surface area contributed by atoms with Crippen LogP contribution in [0.15, 0.2) is 18.2 Å². The number of rotatable bonds is 8. The molecule has 188 valence electrons. The lowest BCUT2D eigenvalue weighted by Crippen LogP contribution is -2.16. The van der Waals surface area contributed by atoms with Crippen molar-refractivity contribution in [3.05, 3.63) is 18.2 Å².